The van der Waals surface area contributed by atoms with Gasteiger partial charge in [0, 0.05) is 32.3 Å². The largest absolute Gasteiger partial charge is 0.373 e. The second-order valence-corrected chi connectivity index (χ2v) is 8.01. The van der Waals surface area contributed by atoms with E-state index in [2.05, 4.69) is 41.5 Å². The van der Waals surface area contributed by atoms with Crippen LogP contribution in [0.2, 0.25) is 0 Å². The topological polar surface area (TPSA) is 70.7 Å². The van der Waals surface area contributed by atoms with Gasteiger partial charge in [-0.3, -0.25) is 14.5 Å². The first-order chi connectivity index (χ1) is 15.0. The van der Waals surface area contributed by atoms with Crippen LogP contribution in [-0.4, -0.2) is 48.6 Å². The van der Waals surface area contributed by atoms with Crippen molar-refractivity contribution < 1.29 is 14.3 Å². The molecule has 1 aliphatic heterocycles. The second-order valence-electron chi connectivity index (χ2n) is 8.01. The molecule has 6 nitrogen and oxygen atoms in total. The highest BCUT2D eigenvalue weighted by atomic mass is 16.5. The first kappa shape index (κ1) is 22.7. The molecule has 1 heterocycles. The predicted octanol–water partition coefficient (Wildman–Crippen LogP) is 2.74. The second kappa shape index (κ2) is 11.4. The number of amides is 2. The summed E-state index contributed by atoms with van der Waals surface area (Å²) >= 11 is 0. The predicted molar refractivity (Wildman–Crippen MR) is 122 cm³/mol. The van der Waals surface area contributed by atoms with Crippen LogP contribution in [0.5, 0.6) is 0 Å². The van der Waals surface area contributed by atoms with Gasteiger partial charge < -0.3 is 15.4 Å². The minimum Gasteiger partial charge on any atom is -0.373 e. The molecule has 2 unspecified atom stereocenters. The molecule has 1 saturated heterocycles. The molecule has 0 saturated carbocycles. The minimum atomic E-state index is -0.296. The maximum atomic E-state index is 12.0. The van der Waals surface area contributed by atoms with Crippen LogP contribution >= 0.6 is 0 Å². The van der Waals surface area contributed by atoms with E-state index in [0.717, 1.165) is 30.8 Å². The van der Waals surface area contributed by atoms with Gasteiger partial charge in [-0.25, -0.2) is 0 Å². The van der Waals surface area contributed by atoms with E-state index >= 15 is 0 Å². The standard InChI is InChI=1S/C25H31N3O3/c1-19-16-28(17-20(2)31-19)18-23-10-8-22(9-11-23)14-26-25(30)15-27-24(29)13-12-21-6-4-3-5-7-21/h3-13,19-20H,14-18H2,1-2H3,(H,26,30)(H,27,29)/b13-12+. The van der Waals surface area contributed by atoms with Crippen molar-refractivity contribution in [3.63, 3.8) is 0 Å². The van der Waals surface area contributed by atoms with Crippen molar-refractivity contribution in [2.24, 2.45) is 0 Å². The average molecular weight is 422 g/mol. The van der Waals surface area contributed by atoms with Gasteiger partial charge in [-0.1, -0.05) is 54.6 Å². The van der Waals surface area contributed by atoms with Crippen LogP contribution in [0, 0.1) is 0 Å². The maximum absolute atomic E-state index is 12.0. The highest BCUT2D eigenvalue weighted by molar-refractivity contribution is 5.94. The molecule has 164 valence electrons. The molecule has 2 aromatic carbocycles. The van der Waals surface area contributed by atoms with Gasteiger partial charge in [0.15, 0.2) is 0 Å². The number of carbonyl (C=O) groups excluding carboxylic acids is 2. The Morgan fingerprint density at radius 2 is 1.61 bits per heavy atom. The lowest BCUT2D eigenvalue weighted by atomic mass is 10.1. The zero-order valence-corrected chi connectivity index (χ0v) is 18.2. The van der Waals surface area contributed by atoms with Crippen molar-refractivity contribution in [2.45, 2.75) is 39.1 Å². The molecular formula is C25H31N3O3. The average Bonchev–Trinajstić information content (AvgIpc) is 2.76. The van der Waals surface area contributed by atoms with Crippen molar-refractivity contribution in [2.75, 3.05) is 19.6 Å². The van der Waals surface area contributed by atoms with Crippen LogP contribution in [0.25, 0.3) is 6.08 Å². The SMILES string of the molecule is CC1CN(Cc2ccc(CNC(=O)CNC(=O)/C=C/c3ccccc3)cc2)CC(C)O1. The summed E-state index contributed by atoms with van der Waals surface area (Å²) in [6.45, 7) is 7.37. The zero-order valence-electron chi connectivity index (χ0n) is 18.2. The Bertz CT molecular complexity index is 871. The van der Waals surface area contributed by atoms with E-state index in [-0.39, 0.29) is 30.6 Å². The van der Waals surface area contributed by atoms with Gasteiger partial charge in [0.25, 0.3) is 0 Å². The fraction of sp³-hybridized carbons (Fsp3) is 0.360. The Kier molecular flexibility index (Phi) is 8.38. The number of carbonyl (C=O) groups is 2. The van der Waals surface area contributed by atoms with Crippen molar-refractivity contribution in [1.29, 1.82) is 0 Å². The fourth-order valence-corrected chi connectivity index (χ4v) is 3.66. The van der Waals surface area contributed by atoms with Gasteiger partial charge >= 0.3 is 0 Å². The Morgan fingerprint density at radius 1 is 0.968 bits per heavy atom. The van der Waals surface area contributed by atoms with Crippen LogP contribution in [0.3, 0.4) is 0 Å². The summed E-state index contributed by atoms with van der Waals surface area (Å²) in [6, 6.07) is 17.8. The molecule has 0 bridgehead atoms. The number of morpholine rings is 1. The first-order valence-electron chi connectivity index (χ1n) is 10.7. The van der Waals surface area contributed by atoms with Gasteiger partial charge in [-0.15, -0.1) is 0 Å². The van der Waals surface area contributed by atoms with Gasteiger partial charge in [-0.2, -0.15) is 0 Å². The van der Waals surface area contributed by atoms with E-state index in [0.29, 0.717) is 6.54 Å². The first-order valence-corrected chi connectivity index (χ1v) is 10.7. The smallest absolute Gasteiger partial charge is 0.244 e. The lowest BCUT2D eigenvalue weighted by molar-refractivity contribution is -0.124. The third-order valence-corrected chi connectivity index (χ3v) is 5.06. The summed E-state index contributed by atoms with van der Waals surface area (Å²) < 4.78 is 5.78. The van der Waals surface area contributed by atoms with Crippen LogP contribution < -0.4 is 10.6 Å². The Morgan fingerprint density at radius 3 is 2.29 bits per heavy atom. The number of hydrogen-bond acceptors (Lipinski definition) is 4. The van der Waals surface area contributed by atoms with E-state index < -0.39 is 0 Å². The molecule has 2 amide bonds. The Balaban J connectivity index is 1.37. The monoisotopic (exact) mass is 421 g/mol. The number of benzene rings is 2. The molecule has 2 atom stereocenters. The molecule has 2 N–H and O–H groups in total. The van der Waals surface area contributed by atoms with Crippen LogP contribution in [0.1, 0.15) is 30.5 Å². The number of hydrogen-bond donors (Lipinski definition) is 2. The van der Waals surface area contributed by atoms with E-state index in [1.807, 2.05) is 42.5 Å². The lowest BCUT2D eigenvalue weighted by Gasteiger charge is -2.35. The van der Waals surface area contributed by atoms with Gasteiger partial charge in [0.05, 0.1) is 18.8 Å². The summed E-state index contributed by atoms with van der Waals surface area (Å²) in [7, 11) is 0. The zero-order chi connectivity index (χ0) is 22.1. The van der Waals surface area contributed by atoms with E-state index in [1.165, 1.54) is 11.6 Å². The van der Waals surface area contributed by atoms with E-state index in [1.54, 1.807) is 6.08 Å². The molecule has 31 heavy (non-hydrogen) atoms. The summed E-state index contributed by atoms with van der Waals surface area (Å²) in [5, 5.41) is 5.43. The summed E-state index contributed by atoms with van der Waals surface area (Å²) in [4.78, 5) is 26.3. The van der Waals surface area contributed by atoms with Crippen molar-refractivity contribution in [3.05, 3.63) is 77.4 Å². The fourth-order valence-electron chi connectivity index (χ4n) is 3.66. The molecule has 2 aromatic rings. The Hall–Kier alpha value is -2.96. The van der Waals surface area contributed by atoms with Crippen molar-refractivity contribution >= 4 is 17.9 Å². The molecule has 0 radical (unpaired) electrons. The molecule has 1 fully saturated rings. The number of nitrogens with zero attached hydrogens (tertiary/aromatic N) is 1. The van der Waals surface area contributed by atoms with E-state index in [4.69, 9.17) is 4.74 Å². The molecule has 0 aliphatic carbocycles. The molecular weight excluding hydrogens is 390 g/mol. The lowest BCUT2D eigenvalue weighted by Crippen LogP contribution is -2.44. The van der Waals surface area contributed by atoms with E-state index in [9.17, 15) is 9.59 Å². The van der Waals surface area contributed by atoms with Gasteiger partial charge in [0.1, 0.15) is 0 Å². The highest BCUT2D eigenvalue weighted by Gasteiger charge is 2.21. The highest BCUT2D eigenvalue weighted by Crippen LogP contribution is 2.14. The number of nitrogens with one attached hydrogen (secondary N) is 2. The third-order valence-electron chi connectivity index (χ3n) is 5.06. The number of ether oxygens (including phenoxy) is 1. The molecule has 0 aromatic heterocycles. The van der Waals surface area contributed by atoms with Crippen molar-refractivity contribution in [1.82, 2.24) is 15.5 Å². The Labute approximate surface area is 184 Å². The summed E-state index contributed by atoms with van der Waals surface area (Å²) in [6.07, 6.45) is 3.66. The van der Waals surface area contributed by atoms with Crippen LogP contribution in [-0.2, 0) is 27.4 Å². The quantitative estimate of drug-likeness (QED) is 0.643. The maximum Gasteiger partial charge on any atom is 0.244 e. The summed E-state index contributed by atoms with van der Waals surface area (Å²) in [5.41, 5.74) is 3.20. The molecule has 1 aliphatic rings. The third kappa shape index (κ3) is 8.00. The minimum absolute atomic E-state index is 0.0521. The normalized spacial score (nSPS) is 19.3. The molecule has 3 rings (SSSR count). The number of rotatable bonds is 8. The van der Waals surface area contributed by atoms with Gasteiger partial charge in [0.2, 0.25) is 11.8 Å². The van der Waals surface area contributed by atoms with Crippen LogP contribution in [0.4, 0.5) is 0 Å². The summed E-state index contributed by atoms with van der Waals surface area (Å²) in [5.74, 6) is -0.517. The molecule has 0 spiro atoms. The van der Waals surface area contributed by atoms with Gasteiger partial charge in [-0.05, 0) is 36.6 Å². The van der Waals surface area contributed by atoms with Crippen molar-refractivity contribution in [3.8, 4) is 0 Å². The molecule has 6 heteroatoms. The van der Waals surface area contributed by atoms with Crippen LogP contribution in [0.15, 0.2) is 60.7 Å².